The Morgan fingerprint density at radius 2 is 1.04 bits per heavy atom. The maximum absolute atomic E-state index is 2.48. The van der Waals surface area contributed by atoms with Crippen LogP contribution in [0.1, 0.15) is 0 Å². The van der Waals surface area contributed by atoms with Crippen molar-refractivity contribution in [3.8, 4) is 5.69 Å². The minimum absolute atomic E-state index is 1.14. The normalized spacial score (nSPS) is 12.0. The number of hydrogen-bond donors (Lipinski definition) is 0. The van der Waals surface area contributed by atoms with Gasteiger partial charge in [0, 0.05) is 68.2 Å². The lowest BCUT2D eigenvalue weighted by molar-refractivity contribution is 1.17. The zero-order valence-electron chi connectivity index (χ0n) is 26.9. The molecule has 8 aromatic carbocycles. The van der Waals surface area contributed by atoms with Gasteiger partial charge in [0.2, 0.25) is 0 Å². The van der Waals surface area contributed by atoms with Gasteiger partial charge in [0.15, 0.2) is 0 Å². The molecule has 3 aromatic heterocycles. The second kappa shape index (κ2) is 10.8. The van der Waals surface area contributed by atoms with Crippen LogP contribution in [0.3, 0.4) is 0 Å². The van der Waals surface area contributed by atoms with Crippen LogP contribution in [0.25, 0.3) is 78.6 Å². The highest BCUT2D eigenvalue weighted by Gasteiger charge is 2.23. The Morgan fingerprint density at radius 3 is 1.88 bits per heavy atom. The van der Waals surface area contributed by atoms with E-state index >= 15 is 0 Å². The molecule has 0 saturated heterocycles. The second-order valence-corrected chi connectivity index (χ2v) is 15.1. The average Bonchev–Trinajstić information content (AvgIpc) is 3.85. The van der Waals surface area contributed by atoms with Crippen molar-refractivity contribution in [2.75, 3.05) is 4.90 Å². The number of aromatic nitrogens is 1. The van der Waals surface area contributed by atoms with E-state index in [2.05, 4.69) is 179 Å². The van der Waals surface area contributed by atoms with Gasteiger partial charge in [0.1, 0.15) is 0 Å². The minimum Gasteiger partial charge on any atom is -0.308 e. The van der Waals surface area contributed by atoms with Gasteiger partial charge in [-0.3, -0.25) is 0 Å². The zero-order valence-corrected chi connectivity index (χ0v) is 28.5. The minimum atomic E-state index is 1.14. The summed E-state index contributed by atoms with van der Waals surface area (Å²) in [6, 6.07) is 62.5. The van der Waals surface area contributed by atoms with Crippen LogP contribution in [0.4, 0.5) is 17.1 Å². The van der Waals surface area contributed by atoms with Gasteiger partial charge in [0.05, 0.1) is 16.7 Å². The first-order valence-electron chi connectivity index (χ1n) is 16.9. The lowest BCUT2D eigenvalue weighted by Gasteiger charge is -2.27. The fourth-order valence-corrected chi connectivity index (χ4v) is 10.2. The molecule has 50 heavy (non-hydrogen) atoms. The molecule has 0 atom stereocenters. The number of rotatable bonds is 4. The predicted molar refractivity (Wildman–Crippen MR) is 219 cm³/mol. The van der Waals surface area contributed by atoms with Crippen LogP contribution in [0.5, 0.6) is 0 Å². The quantitative estimate of drug-likeness (QED) is 0.181. The highest BCUT2D eigenvalue weighted by Crippen LogP contribution is 2.47. The molecule has 0 unspecified atom stereocenters. The van der Waals surface area contributed by atoms with Gasteiger partial charge in [-0.05, 0) is 77.5 Å². The van der Waals surface area contributed by atoms with E-state index in [1.165, 1.54) is 72.9 Å². The van der Waals surface area contributed by atoms with Crippen molar-refractivity contribution in [2.24, 2.45) is 0 Å². The SMILES string of the molecule is c1ccc(-n2c3ccccc3c3cccc(N(c4ccc5sc6ccccc6c5c4)c4ccc5sc6c7ccccc7ccc6c5c4)c32)cc1. The maximum atomic E-state index is 2.48. The van der Waals surface area contributed by atoms with E-state index < -0.39 is 0 Å². The van der Waals surface area contributed by atoms with Crippen LogP contribution in [0, 0.1) is 0 Å². The van der Waals surface area contributed by atoms with Crippen molar-refractivity contribution in [3.63, 3.8) is 0 Å². The van der Waals surface area contributed by atoms with Crippen molar-refractivity contribution in [1.82, 2.24) is 4.57 Å². The molecule has 0 radical (unpaired) electrons. The number of thiophene rings is 2. The molecule has 3 heterocycles. The zero-order chi connectivity index (χ0) is 32.8. The van der Waals surface area contributed by atoms with Crippen LogP contribution in [0.2, 0.25) is 0 Å². The summed E-state index contributed by atoms with van der Waals surface area (Å²) in [6.45, 7) is 0. The van der Waals surface area contributed by atoms with E-state index in [1.807, 2.05) is 22.7 Å². The van der Waals surface area contributed by atoms with E-state index in [9.17, 15) is 0 Å². The summed E-state index contributed by atoms with van der Waals surface area (Å²) in [5, 5.41) is 10.3. The summed E-state index contributed by atoms with van der Waals surface area (Å²) >= 11 is 3.75. The molecule has 0 saturated carbocycles. The third-order valence-electron chi connectivity index (χ3n) is 10.2. The highest BCUT2D eigenvalue weighted by atomic mass is 32.1. The van der Waals surface area contributed by atoms with Gasteiger partial charge in [-0.25, -0.2) is 0 Å². The lowest BCUT2D eigenvalue weighted by atomic mass is 10.0. The summed E-state index contributed by atoms with van der Waals surface area (Å²) < 4.78 is 7.71. The smallest absolute Gasteiger partial charge is 0.0782 e. The second-order valence-electron chi connectivity index (χ2n) is 12.9. The summed E-state index contributed by atoms with van der Waals surface area (Å²) in [5.74, 6) is 0. The van der Waals surface area contributed by atoms with Crippen molar-refractivity contribution in [3.05, 3.63) is 170 Å². The molecule has 2 nitrogen and oxygen atoms in total. The van der Waals surface area contributed by atoms with Gasteiger partial charge in [-0.2, -0.15) is 0 Å². The number of fused-ring (bicyclic) bond motifs is 11. The van der Waals surface area contributed by atoms with E-state index in [4.69, 9.17) is 0 Å². The molecule has 0 amide bonds. The van der Waals surface area contributed by atoms with Gasteiger partial charge in [-0.15, -0.1) is 22.7 Å². The summed E-state index contributed by atoms with van der Waals surface area (Å²) in [5.41, 5.74) is 6.97. The Hall–Kier alpha value is -5.94. The van der Waals surface area contributed by atoms with Gasteiger partial charge >= 0.3 is 0 Å². The molecule has 11 rings (SSSR count). The molecule has 4 heteroatoms. The molecular formula is C46H28N2S2. The summed E-state index contributed by atoms with van der Waals surface area (Å²) in [4.78, 5) is 2.48. The van der Waals surface area contributed by atoms with Gasteiger partial charge in [-0.1, -0.05) is 103 Å². The summed E-state index contributed by atoms with van der Waals surface area (Å²) in [6.07, 6.45) is 0. The highest BCUT2D eigenvalue weighted by molar-refractivity contribution is 7.26. The number of nitrogens with zero attached hydrogens (tertiary/aromatic N) is 2. The molecule has 0 aliphatic heterocycles. The van der Waals surface area contributed by atoms with Crippen LogP contribution in [-0.4, -0.2) is 4.57 Å². The topological polar surface area (TPSA) is 8.17 Å². The molecule has 0 fully saturated rings. The van der Waals surface area contributed by atoms with Crippen molar-refractivity contribution in [2.45, 2.75) is 0 Å². The predicted octanol–water partition coefficient (Wildman–Crippen LogP) is 14.1. The Kier molecular flexibility index (Phi) is 6.03. The van der Waals surface area contributed by atoms with E-state index in [-0.39, 0.29) is 0 Å². The Balaban J connectivity index is 1.24. The van der Waals surface area contributed by atoms with Crippen molar-refractivity contribution in [1.29, 1.82) is 0 Å². The molecule has 0 N–H and O–H groups in total. The fourth-order valence-electron chi connectivity index (χ4n) is 7.94. The summed E-state index contributed by atoms with van der Waals surface area (Å²) in [7, 11) is 0. The number of hydrogen-bond acceptors (Lipinski definition) is 3. The van der Waals surface area contributed by atoms with E-state index in [1.54, 1.807) is 0 Å². The Bertz CT molecular complexity index is 3110. The molecule has 234 valence electrons. The number of anilines is 3. The molecule has 0 aliphatic carbocycles. The first-order valence-corrected chi connectivity index (χ1v) is 18.6. The van der Waals surface area contributed by atoms with Gasteiger partial charge < -0.3 is 9.47 Å². The maximum Gasteiger partial charge on any atom is 0.0782 e. The molecule has 0 bridgehead atoms. The van der Waals surface area contributed by atoms with Crippen molar-refractivity contribution < 1.29 is 0 Å². The third-order valence-corrected chi connectivity index (χ3v) is 12.5. The van der Waals surface area contributed by atoms with E-state index in [0.717, 1.165) is 22.7 Å². The van der Waals surface area contributed by atoms with Crippen LogP contribution in [-0.2, 0) is 0 Å². The Labute approximate surface area is 296 Å². The van der Waals surface area contributed by atoms with Gasteiger partial charge in [0.25, 0.3) is 0 Å². The average molecular weight is 673 g/mol. The third kappa shape index (κ3) is 4.07. The monoisotopic (exact) mass is 672 g/mol. The largest absolute Gasteiger partial charge is 0.308 e. The van der Waals surface area contributed by atoms with Crippen LogP contribution >= 0.6 is 22.7 Å². The fraction of sp³-hybridized carbons (Fsp3) is 0. The molecule has 0 aliphatic rings. The first-order chi connectivity index (χ1) is 24.8. The molecule has 0 spiro atoms. The lowest BCUT2D eigenvalue weighted by Crippen LogP contribution is -2.11. The number of benzene rings is 8. The van der Waals surface area contributed by atoms with Crippen LogP contribution < -0.4 is 4.90 Å². The first kappa shape index (κ1) is 28.0. The standard InChI is InChI=1S/C46H28N2S2/c1-2-12-30(13-3-1)48-40-18-8-6-15-34(40)36-17-10-19-41(45(36)48)47(31-22-25-43-38(27-31)35-16-7-9-20-42(35)49-43)32-23-26-44-39(28-32)37-24-21-29-11-4-5-14-33(29)46(37)50-44/h1-28H. The Morgan fingerprint density at radius 1 is 0.400 bits per heavy atom. The molecule has 11 aromatic rings. The molecular weight excluding hydrogens is 645 g/mol. The van der Waals surface area contributed by atoms with Crippen LogP contribution in [0.15, 0.2) is 170 Å². The van der Waals surface area contributed by atoms with Crippen molar-refractivity contribution >= 4 is 113 Å². The van der Waals surface area contributed by atoms with E-state index in [0.29, 0.717) is 0 Å². The number of para-hydroxylation sites is 3.